The second-order valence-electron chi connectivity index (χ2n) is 5.30. The topological polar surface area (TPSA) is 72.6 Å². The standard InChI is InChI=1S/C15H21ClN2O3/c1-9(2)18(10(3)4)14(19)8-21-15(20)11-5-6-12(16)13(17)7-11/h5-7,9-10H,8,17H2,1-4H3. The van der Waals surface area contributed by atoms with E-state index in [0.717, 1.165) is 0 Å². The Bertz CT molecular complexity index is 522. The number of ether oxygens (including phenoxy) is 1. The summed E-state index contributed by atoms with van der Waals surface area (Å²) in [6.07, 6.45) is 0. The maximum atomic E-state index is 12.1. The van der Waals surface area contributed by atoms with Gasteiger partial charge in [0.2, 0.25) is 0 Å². The Labute approximate surface area is 130 Å². The number of hydrogen-bond acceptors (Lipinski definition) is 4. The van der Waals surface area contributed by atoms with Crippen LogP contribution in [0.1, 0.15) is 38.1 Å². The third kappa shape index (κ3) is 4.63. The second-order valence-corrected chi connectivity index (χ2v) is 5.71. The van der Waals surface area contributed by atoms with Gasteiger partial charge < -0.3 is 15.4 Å². The fourth-order valence-electron chi connectivity index (χ4n) is 2.13. The van der Waals surface area contributed by atoms with Crippen LogP contribution in [0, 0.1) is 0 Å². The molecule has 2 N–H and O–H groups in total. The first-order valence-corrected chi connectivity index (χ1v) is 7.15. The molecule has 1 rings (SSSR count). The zero-order chi connectivity index (χ0) is 16.2. The van der Waals surface area contributed by atoms with Gasteiger partial charge in [0.25, 0.3) is 5.91 Å². The van der Waals surface area contributed by atoms with Gasteiger partial charge in [-0.25, -0.2) is 4.79 Å². The number of nitrogen functional groups attached to an aromatic ring is 1. The summed E-state index contributed by atoms with van der Waals surface area (Å²) in [5.41, 5.74) is 6.19. The lowest BCUT2D eigenvalue weighted by molar-refractivity contribution is -0.138. The van der Waals surface area contributed by atoms with Crippen LogP contribution in [-0.4, -0.2) is 35.5 Å². The number of rotatable bonds is 5. The van der Waals surface area contributed by atoms with Crippen molar-refractivity contribution in [1.29, 1.82) is 0 Å². The third-order valence-corrected chi connectivity index (χ3v) is 3.30. The van der Waals surface area contributed by atoms with Crippen molar-refractivity contribution in [2.24, 2.45) is 0 Å². The van der Waals surface area contributed by atoms with E-state index < -0.39 is 5.97 Å². The minimum absolute atomic E-state index is 0.0439. The Morgan fingerprint density at radius 1 is 1.24 bits per heavy atom. The molecule has 0 aromatic heterocycles. The molecule has 0 aliphatic heterocycles. The molecule has 21 heavy (non-hydrogen) atoms. The minimum Gasteiger partial charge on any atom is -0.452 e. The largest absolute Gasteiger partial charge is 0.452 e. The van der Waals surface area contributed by atoms with Gasteiger partial charge in [-0.3, -0.25) is 4.79 Å². The van der Waals surface area contributed by atoms with Gasteiger partial charge in [-0.15, -0.1) is 0 Å². The molecule has 0 atom stereocenters. The molecule has 0 saturated heterocycles. The lowest BCUT2D eigenvalue weighted by Crippen LogP contribution is -2.44. The molecule has 0 bridgehead atoms. The molecule has 0 heterocycles. The van der Waals surface area contributed by atoms with Crippen LogP contribution in [0.3, 0.4) is 0 Å². The number of carbonyl (C=O) groups is 2. The summed E-state index contributed by atoms with van der Waals surface area (Å²) in [5, 5.41) is 0.369. The van der Waals surface area contributed by atoms with Crippen LogP contribution in [-0.2, 0) is 9.53 Å². The summed E-state index contributed by atoms with van der Waals surface area (Å²) in [6, 6.07) is 4.54. The van der Waals surface area contributed by atoms with Gasteiger partial charge in [-0.2, -0.15) is 0 Å². The van der Waals surface area contributed by atoms with Crippen molar-refractivity contribution in [2.45, 2.75) is 39.8 Å². The Kier molecular flexibility index (Phi) is 6.03. The van der Waals surface area contributed by atoms with Gasteiger partial charge in [0.15, 0.2) is 6.61 Å². The van der Waals surface area contributed by atoms with Gasteiger partial charge in [0.05, 0.1) is 16.3 Å². The normalized spacial score (nSPS) is 10.8. The first kappa shape index (κ1) is 17.3. The van der Waals surface area contributed by atoms with Crippen LogP contribution in [0.25, 0.3) is 0 Å². The number of esters is 1. The molecule has 5 nitrogen and oxygen atoms in total. The predicted molar refractivity (Wildman–Crippen MR) is 83.3 cm³/mol. The Morgan fingerprint density at radius 3 is 2.29 bits per heavy atom. The van der Waals surface area contributed by atoms with Gasteiger partial charge in [0, 0.05) is 12.1 Å². The lowest BCUT2D eigenvalue weighted by atomic mass is 10.2. The van der Waals surface area contributed by atoms with E-state index in [1.165, 1.54) is 18.2 Å². The monoisotopic (exact) mass is 312 g/mol. The highest BCUT2D eigenvalue weighted by Gasteiger charge is 2.21. The average Bonchev–Trinajstić information content (AvgIpc) is 2.38. The molecule has 0 aliphatic carbocycles. The zero-order valence-corrected chi connectivity index (χ0v) is 13.5. The molecule has 0 saturated carbocycles. The summed E-state index contributed by atoms with van der Waals surface area (Å²) in [7, 11) is 0. The van der Waals surface area contributed by atoms with Gasteiger partial charge >= 0.3 is 5.97 Å². The molecular weight excluding hydrogens is 292 g/mol. The van der Waals surface area contributed by atoms with Gasteiger partial charge in [0.1, 0.15) is 0 Å². The smallest absolute Gasteiger partial charge is 0.338 e. The maximum absolute atomic E-state index is 12.1. The van der Waals surface area contributed by atoms with E-state index in [0.29, 0.717) is 10.7 Å². The minimum atomic E-state index is -0.598. The molecule has 116 valence electrons. The zero-order valence-electron chi connectivity index (χ0n) is 12.7. The predicted octanol–water partition coefficient (Wildman–Crippen LogP) is 2.72. The number of anilines is 1. The SMILES string of the molecule is CC(C)N(C(=O)COC(=O)c1ccc(Cl)c(N)c1)C(C)C. The van der Waals surface area contributed by atoms with Crippen LogP contribution >= 0.6 is 11.6 Å². The summed E-state index contributed by atoms with van der Waals surface area (Å²) in [4.78, 5) is 25.6. The number of benzene rings is 1. The van der Waals surface area contributed by atoms with Crippen molar-refractivity contribution in [2.75, 3.05) is 12.3 Å². The molecule has 0 aliphatic rings. The first-order valence-electron chi connectivity index (χ1n) is 6.77. The Morgan fingerprint density at radius 2 is 1.81 bits per heavy atom. The van der Waals surface area contributed by atoms with Crippen LogP contribution in [0.15, 0.2) is 18.2 Å². The highest BCUT2D eigenvalue weighted by atomic mass is 35.5. The molecule has 6 heteroatoms. The van der Waals surface area contributed by atoms with E-state index in [9.17, 15) is 9.59 Å². The van der Waals surface area contributed by atoms with Crippen LogP contribution in [0.5, 0.6) is 0 Å². The first-order chi connectivity index (χ1) is 9.73. The van der Waals surface area contributed by atoms with Crippen molar-refractivity contribution in [1.82, 2.24) is 4.90 Å². The molecule has 0 fully saturated rings. The number of halogens is 1. The molecule has 0 spiro atoms. The van der Waals surface area contributed by atoms with E-state index >= 15 is 0 Å². The van der Waals surface area contributed by atoms with Crippen molar-refractivity contribution in [3.63, 3.8) is 0 Å². The highest BCUT2D eigenvalue weighted by Crippen LogP contribution is 2.20. The van der Waals surface area contributed by atoms with E-state index in [1.54, 1.807) is 4.90 Å². The fraction of sp³-hybridized carbons (Fsp3) is 0.467. The second kappa shape index (κ2) is 7.31. The van der Waals surface area contributed by atoms with Gasteiger partial charge in [-0.05, 0) is 45.9 Å². The Hall–Kier alpha value is -1.75. The van der Waals surface area contributed by atoms with Gasteiger partial charge in [-0.1, -0.05) is 11.6 Å². The number of nitrogens with two attached hydrogens (primary N) is 1. The van der Waals surface area contributed by atoms with Crippen molar-refractivity contribution in [3.8, 4) is 0 Å². The van der Waals surface area contributed by atoms with Crippen LogP contribution < -0.4 is 5.73 Å². The molecule has 1 aromatic carbocycles. The van der Waals surface area contributed by atoms with Crippen LogP contribution in [0.4, 0.5) is 5.69 Å². The summed E-state index contributed by atoms with van der Waals surface area (Å²) < 4.78 is 5.04. The third-order valence-electron chi connectivity index (χ3n) is 2.96. The number of hydrogen-bond donors (Lipinski definition) is 1. The Balaban J connectivity index is 2.67. The maximum Gasteiger partial charge on any atom is 0.338 e. The summed E-state index contributed by atoms with van der Waals surface area (Å²) in [6.45, 7) is 7.37. The number of amides is 1. The lowest BCUT2D eigenvalue weighted by Gasteiger charge is -2.30. The molecular formula is C15H21ClN2O3. The van der Waals surface area contributed by atoms with E-state index in [4.69, 9.17) is 22.1 Å². The number of carbonyl (C=O) groups excluding carboxylic acids is 2. The molecule has 0 unspecified atom stereocenters. The van der Waals surface area contributed by atoms with E-state index in [1.807, 2.05) is 27.7 Å². The average molecular weight is 313 g/mol. The number of nitrogens with zero attached hydrogens (tertiary/aromatic N) is 1. The fourth-order valence-corrected chi connectivity index (χ4v) is 2.25. The summed E-state index contributed by atoms with van der Waals surface area (Å²) >= 11 is 5.79. The quantitative estimate of drug-likeness (QED) is 0.670. The van der Waals surface area contributed by atoms with E-state index in [2.05, 4.69) is 0 Å². The molecule has 0 radical (unpaired) electrons. The van der Waals surface area contributed by atoms with E-state index in [-0.39, 0.29) is 30.2 Å². The summed E-state index contributed by atoms with van der Waals surface area (Å²) in [5.74, 6) is -0.825. The van der Waals surface area contributed by atoms with Crippen molar-refractivity contribution >= 4 is 29.2 Å². The van der Waals surface area contributed by atoms with Crippen molar-refractivity contribution in [3.05, 3.63) is 28.8 Å². The molecule has 1 amide bonds. The molecule has 1 aromatic rings. The van der Waals surface area contributed by atoms with Crippen molar-refractivity contribution < 1.29 is 14.3 Å². The van der Waals surface area contributed by atoms with Crippen LogP contribution in [0.2, 0.25) is 5.02 Å². The highest BCUT2D eigenvalue weighted by molar-refractivity contribution is 6.33.